The average molecular weight is 350 g/mol. The molecule has 2 heterocycles. The van der Waals surface area contributed by atoms with Crippen molar-refractivity contribution >= 4 is 11.9 Å². The molecular weight excluding hydrogens is 320 g/mol. The fourth-order valence-electron chi connectivity index (χ4n) is 2.72. The van der Waals surface area contributed by atoms with Crippen LogP contribution < -0.4 is 10.6 Å². The zero-order valence-corrected chi connectivity index (χ0v) is 15.9. The number of likely N-dealkylation sites (tertiary alicyclic amines) is 1. The fraction of sp³-hybridized carbons (Fsp3) is 0.765. The van der Waals surface area contributed by atoms with Crippen molar-refractivity contribution in [2.24, 2.45) is 10.9 Å². The lowest BCUT2D eigenvalue weighted by molar-refractivity contribution is -0.133. The van der Waals surface area contributed by atoms with Crippen LogP contribution in [-0.4, -0.2) is 59.6 Å². The molecule has 1 fully saturated rings. The van der Waals surface area contributed by atoms with E-state index in [9.17, 15) is 4.79 Å². The zero-order chi connectivity index (χ0) is 18.4. The van der Waals surface area contributed by atoms with Crippen LogP contribution in [0.15, 0.2) is 9.52 Å². The van der Waals surface area contributed by atoms with E-state index in [4.69, 9.17) is 4.52 Å². The van der Waals surface area contributed by atoms with Crippen molar-refractivity contribution in [3.05, 3.63) is 11.7 Å². The van der Waals surface area contributed by atoms with Crippen LogP contribution in [0, 0.1) is 5.92 Å². The molecule has 8 heteroatoms. The van der Waals surface area contributed by atoms with Gasteiger partial charge in [0.2, 0.25) is 11.8 Å². The van der Waals surface area contributed by atoms with E-state index in [1.165, 1.54) is 0 Å². The lowest BCUT2D eigenvalue weighted by Crippen LogP contribution is -2.45. The van der Waals surface area contributed by atoms with Gasteiger partial charge >= 0.3 is 0 Å². The van der Waals surface area contributed by atoms with Crippen molar-refractivity contribution in [1.82, 2.24) is 25.7 Å². The standard InChI is InChI=1S/C17H30N6O2/c1-11(2)15-21-14(25-22-15)6-8-19-17(18-5)20-13-7-9-23(10-13)16(24)12(3)4/h11-13H,6-10H2,1-5H3,(H2,18,19,20). The molecule has 1 amide bonds. The summed E-state index contributed by atoms with van der Waals surface area (Å²) < 4.78 is 5.23. The van der Waals surface area contributed by atoms with Crippen LogP contribution in [0.5, 0.6) is 0 Å². The van der Waals surface area contributed by atoms with Crippen LogP contribution in [-0.2, 0) is 11.2 Å². The van der Waals surface area contributed by atoms with E-state index in [0.29, 0.717) is 18.9 Å². The summed E-state index contributed by atoms with van der Waals surface area (Å²) in [6, 6.07) is 0.227. The molecule has 1 aliphatic rings. The topological polar surface area (TPSA) is 95.7 Å². The van der Waals surface area contributed by atoms with Gasteiger partial charge in [-0.15, -0.1) is 0 Å². The van der Waals surface area contributed by atoms with Crippen molar-refractivity contribution in [3.8, 4) is 0 Å². The Morgan fingerprint density at radius 2 is 2.16 bits per heavy atom. The molecule has 0 bridgehead atoms. The van der Waals surface area contributed by atoms with Gasteiger partial charge in [0.15, 0.2) is 11.8 Å². The maximum atomic E-state index is 12.1. The second kappa shape index (κ2) is 8.82. The molecule has 25 heavy (non-hydrogen) atoms. The summed E-state index contributed by atoms with van der Waals surface area (Å²) in [5.74, 6) is 2.61. The van der Waals surface area contributed by atoms with E-state index >= 15 is 0 Å². The molecule has 2 rings (SSSR count). The fourth-order valence-corrected chi connectivity index (χ4v) is 2.72. The Bertz CT molecular complexity index is 596. The summed E-state index contributed by atoms with van der Waals surface area (Å²) in [7, 11) is 1.74. The molecule has 1 unspecified atom stereocenters. The maximum Gasteiger partial charge on any atom is 0.228 e. The van der Waals surface area contributed by atoms with Gasteiger partial charge in [-0.05, 0) is 6.42 Å². The minimum absolute atomic E-state index is 0.0429. The maximum absolute atomic E-state index is 12.1. The molecule has 1 aliphatic heterocycles. The molecule has 2 N–H and O–H groups in total. The van der Waals surface area contributed by atoms with Gasteiger partial charge in [-0.25, -0.2) is 0 Å². The van der Waals surface area contributed by atoms with E-state index in [2.05, 4.69) is 25.8 Å². The molecule has 0 radical (unpaired) electrons. The minimum Gasteiger partial charge on any atom is -0.356 e. The number of nitrogens with zero attached hydrogens (tertiary/aromatic N) is 4. The normalized spacial score (nSPS) is 18.3. The zero-order valence-electron chi connectivity index (χ0n) is 15.9. The summed E-state index contributed by atoms with van der Waals surface area (Å²) in [5, 5.41) is 10.6. The second-order valence-electron chi connectivity index (χ2n) is 7.02. The molecule has 140 valence electrons. The van der Waals surface area contributed by atoms with Crippen LogP contribution in [0.3, 0.4) is 0 Å². The van der Waals surface area contributed by atoms with Crippen molar-refractivity contribution in [3.63, 3.8) is 0 Å². The third-order valence-electron chi connectivity index (χ3n) is 4.19. The molecule has 0 saturated carbocycles. The summed E-state index contributed by atoms with van der Waals surface area (Å²) in [4.78, 5) is 22.6. The first kappa shape index (κ1) is 19.2. The number of carbonyl (C=O) groups excluding carboxylic acids is 1. The third-order valence-corrected chi connectivity index (χ3v) is 4.19. The molecule has 1 aromatic heterocycles. The highest BCUT2D eigenvalue weighted by Gasteiger charge is 2.27. The summed E-state index contributed by atoms with van der Waals surface area (Å²) in [6.07, 6.45) is 1.57. The molecule has 1 atom stereocenters. The van der Waals surface area contributed by atoms with E-state index in [1.807, 2.05) is 32.6 Å². The summed E-state index contributed by atoms with van der Waals surface area (Å²) >= 11 is 0. The number of hydrogen-bond acceptors (Lipinski definition) is 5. The van der Waals surface area contributed by atoms with Gasteiger partial charge in [-0.3, -0.25) is 9.79 Å². The molecule has 8 nitrogen and oxygen atoms in total. The Balaban J connectivity index is 1.75. The number of aliphatic imine (C=N–C) groups is 1. The van der Waals surface area contributed by atoms with Crippen molar-refractivity contribution in [2.75, 3.05) is 26.7 Å². The van der Waals surface area contributed by atoms with Gasteiger partial charge < -0.3 is 20.1 Å². The lowest BCUT2D eigenvalue weighted by atomic mass is 10.2. The molecule has 0 aromatic carbocycles. The van der Waals surface area contributed by atoms with Crippen LogP contribution in [0.4, 0.5) is 0 Å². The summed E-state index contributed by atoms with van der Waals surface area (Å²) in [6.45, 7) is 10.1. The molecular formula is C17H30N6O2. The van der Waals surface area contributed by atoms with Gasteiger partial charge in [0.05, 0.1) is 0 Å². The van der Waals surface area contributed by atoms with Crippen LogP contribution in [0.1, 0.15) is 51.7 Å². The van der Waals surface area contributed by atoms with Crippen molar-refractivity contribution < 1.29 is 9.32 Å². The second-order valence-corrected chi connectivity index (χ2v) is 7.02. The van der Waals surface area contributed by atoms with Crippen LogP contribution in [0.25, 0.3) is 0 Å². The predicted octanol–water partition coefficient (Wildman–Crippen LogP) is 1.16. The first-order valence-corrected chi connectivity index (χ1v) is 8.99. The molecule has 0 aliphatic carbocycles. The highest BCUT2D eigenvalue weighted by Crippen LogP contribution is 2.13. The number of aromatic nitrogens is 2. The smallest absolute Gasteiger partial charge is 0.228 e. The average Bonchev–Trinajstić information content (AvgIpc) is 3.22. The number of rotatable bonds is 6. The van der Waals surface area contributed by atoms with E-state index in [1.54, 1.807) is 7.05 Å². The number of nitrogens with one attached hydrogen (secondary N) is 2. The molecule has 0 spiro atoms. The SMILES string of the molecule is CN=C(NCCc1nc(C(C)C)no1)NC1CCN(C(=O)C(C)C)C1. The largest absolute Gasteiger partial charge is 0.356 e. The Kier molecular flexibility index (Phi) is 6.78. The van der Waals surface area contributed by atoms with Gasteiger partial charge in [0.25, 0.3) is 0 Å². The van der Waals surface area contributed by atoms with Gasteiger partial charge in [-0.1, -0.05) is 32.9 Å². The van der Waals surface area contributed by atoms with Gasteiger partial charge in [-0.2, -0.15) is 4.98 Å². The highest BCUT2D eigenvalue weighted by molar-refractivity contribution is 5.81. The van der Waals surface area contributed by atoms with E-state index in [0.717, 1.165) is 31.3 Å². The Morgan fingerprint density at radius 1 is 1.40 bits per heavy atom. The Morgan fingerprint density at radius 3 is 2.76 bits per heavy atom. The van der Waals surface area contributed by atoms with Crippen LogP contribution in [0.2, 0.25) is 0 Å². The number of carbonyl (C=O) groups is 1. The van der Waals surface area contributed by atoms with Gasteiger partial charge in [0, 0.05) is 51.0 Å². The molecule has 1 saturated heterocycles. The highest BCUT2D eigenvalue weighted by atomic mass is 16.5. The monoisotopic (exact) mass is 350 g/mol. The molecule has 1 aromatic rings. The number of guanidine groups is 1. The first-order valence-electron chi connectivity index (χ1n) is 8.99. The third kappa shape index (κ3) is 5.44. The van der Waals surface area contributed by atoms with E-state index in [-0.39, 0.29) is 23.8 Å². The van der Waals surface area contributed by atoms with Gasteiger partial charge in [0.1, 0.15) is 0 Å². The lowest BCUT2D eigenvalue weighted by Gasteiger charge is -2.20. The Hall–Kier alpha value is -2.12. The van der Waals surface area contributed by atoms with Crippen LogP contribution >= 0.6 is 0 Å². The quantitative estimate of drug-likeness (QED) is 0.590. The number of amides is 1. The minimum atomic E-state index is 0.0429. The number of hydrogen-bond donors (Lipinski definition) is 2. The van der Waals surface area contributed by atoms with Crippen molar-refractivity contribution in [1.29, 1.82) is 0 Å². The van der Waals surface area contributed by atoms with Crippen molar-refractivity contribution in [2.45, 2.75) is 52.5 Å². The predicted molar refractivity (Wildman–Crippen MR) is 96.4 cm³/mol. The Labute approximate surface area is 149 Å². The first-order chi connectivity index (χ1) is 11.9. The van der Waals surface area contributed by atoms with E-state index < -0.39 is 0 Å². The summed E-state index contributed by atoms with van der Waals surface area (Å²) in [5.41, 5.74) is 0.